The largest absolute Gasteiger partial charge is 0.458 e. The second kappa shape index (κ2) is 5.18. The zero-order valence-corrected chi connectivity index (χ0v) is 13.5. The number of fused-ring (bicyclic) bond motifs is 2. The minimum Gasteiger partial charge on any atom is -0.458 e. The van der Waals surface area contributed by atoms with Crippen molar-refractivity contribution in [1.82, 2.24) is 0 Å². The molecule has 0 amide bonds. The van der Waals surface area contributed by atoms with Crippen molar-refractivity contribution in [2.75, 3.05) is 0 Å². The van der Waals surface area contributed by atoms with Crippen LogP contribution < -0.4 is 0 Å². The molecule has 2 fully saturated rings. The van der Waals surface area contributed by atoms with Gasteiger partial charge >= 0.3 is 11.9 Å². The SMILES string of the molecule is C=C1C(=O)O[C@@H]2CC(C)=C3[C@@H](OC(C)=O)C[C@@](C)(O)[C@@H]3[C@@H](O)[C@H]12. The van der Waals surface area contributed by atoms with Gasteiger partial charge in [0.1, 0.15) is 12.2 Å². The molecule has 1 saturated carbocycles. The number of ether oxygens (including phenoxy) is 2. The van der Waals surface area contributed by atoms with E-state index in [4.69, 9.17) is 9.47 Å². The molecular formula is C17H22O6. The summed E-state index contributed by atoms with van der Waals surface area (Å²) in [5.41, 5.74) is 0.629. The van der Waals surface area contributed by atoms with Gasteiger partial charge in [-0.25, -0.2) is 4.79 Å². The Balaban J connectivity index is 2.06. The normalized spacial score (nSPS) is 42.9. The quantitative estimate of drug-likeness (QED) is 0.423. The lowest BCUT2D eigenvalue weighted by Crippen LogP contribution is -2.43. The van der Waals surface area contributed by atoms with Crippen molar-refractivity contribution in [2.24, 2.45) is 11.8 Å². The monoisotopic (exact) mass is 322 g/mol. The number of hydrogen-bond acceptors (Lipinski definition) is 6. The molecular weight excluding hydrogens is 300 g/mol. The van der Waals surface area contributed by atoms with E-state index in [0.717, 1.165) is 11.1 Å². The van der Waals surface area contributed by atoms with Gasteiger partial charge in [-0.15, -0.1) is 0 Å². The molecule has 3 aliphatic rings. The summed E-state index contributed by atoms with van der Waals surface area (Å²) in [6, 6.07) is 0. The van der Waals surface area contributed by atoms with Gasteiger partial charge < -0.3 is 19.7 Å². The number of hydrogen-bond donors (Lipinski definition) is 2. The average Bonchev–Trinajstić information content (AvgIpc) is 2.77. The van der Waals surface area contributed by atoms with Crippen molar-refractivity contribution in [1.29, 1.82) is 0 Å². The second-order valence-electron chi connectivity index (χ2n) is 7.06. The van der Waals surface area contributed by atoms with Gasteiger partial charge in [0.15, 0.2) is 0 Å². The second-order valence-corrected chi connectivity index (χ2v) is 7.06. The Bertz CT molecular complexity index is 617. The Labute approximate surface area is 134 Å². The molecule has 2 N–H and O–H groups in total. The van der Waals surface area contributed by atoms with E-state index in [9.17, 15) is 19.8 Å². The van der Waals surface area contributed by atoms with Crippen LogP contribution in [0.5, 0.6) is 0 Å². The third kappa shape index (κ3) is 2.40. The Morgan fingerprint density at radius 3 is 2.74 bits per heavy atom. The number of aliphatic hydroxyl groups excluding tert-OH is 1. The summed E-state index contributed by atoms with van der Waals surface area (Å²) in [6.07, 6.45) is -1.41. The summed E-state index contributed by atoms with van der Waals surface area (Å²) in [7, 11) is 0. The molecule has 1 heterocycles. The Morgan fingerprint density at radius 1 is 1.48 bits per heavy atom. The predicted octanol–water partition coefficient (Wildman–Crippen LogP) is 0.868. The number of aliphatic hydroxyl groups is 2. The van der Waals surface area contributed by atoms with Crippen molar-refractivity contribution >= 4 is 11.9 Å². The van der Waals surface area contributed by atoms with Crippen LogP contribution in [0.2, 0.25) is 0 Å². The molecule has 0 radical (unpaired) electrons. The molecule has 3 rings (SSSR count). The molecule has 2 aliphatic carbocycles. The van der Waals surface area contributed by atoms with Crippen molar-refractivity contribution in [3.05, 3.63) is 23.3 Å². The summed E-state index contributed by atoms with van der Waals surface area (Å²) in [6.45, 7) is 8.56. The van der Waals surface area contributed by atoms with E-state index in [-0.39, 0.29) is 12.0 Å². The number of carbonyl (C=O) groups is 2. The first kappa shape index (κ1) is 16.2. The van der Waals surface area contributed by atoms with E-state index in [1.54, 1.807) is 6.92 Å². The van der Waals surface area contributed by atoms with Crippen molar-refractivity contribution < 1.29 is 29.3 Å². The van der Waals surface area contributed by atoms with Crippen LogP contribution in [-0.2, 0) is 19.1 Å². The molecule has 6 nitrogen and oxygen atoms in total. The molecule has 0 aromatic carbocycles. The number of rotatable bonds is 1. The highest BCUT2D eigenvalue weighted by Gasteiger charge is 2.58. The predicted molar refractivity (Wildman–Crippen MR) is 80.1 cm³/mol. The van der Waals surface area contributed by atoms with Gasteiger partial charge in [0.05, 0.1) is 17.6 Å². The number of esters is 2. The first-order chi connectivity index (χ1) is 10.6. The molecule has 1 saturated heterocycles. The maximum Gasteiger partial charge on any atom is 0.334 e. The Hall–Kier alpha value is -1.66. The van der Waals surface area contributed by atoms with E-state index in [1.165, 1.54) is 6.92 Å². The summed E-state index contributed by atoms with van der Waals surface area (Å²) in [5.74, 6) is -2.10. The van der Waals surface area contributed by atoms with Gasteiger partial charge in [0, 0.05) is 31.3 Å². The summed E-state index contributed by atoms with van der Waals surface area (Å²) < 4.78 is 10.7. The van der Waals surface area contributed by atoms with E-state index >= 15 is 0 Å². The standard InChI is InChI=1S/C17H22O6/c1-7-5-10-13(8(2)16(20)23-10)15(19)14-12(7)11(22-9(3)18)6-17(14,4)21/h10-11,13-15,19,21H,2,5-6H2,1,3-4H3/t10-,11+,13-,14+,15+,17-/m1/s1. The lowest BCUT2D eigenvalue weighted by Gasteiger charge is -2.32. The molecule has 23 heavy (non-hydrogen) atoms. The van der Waals surface area contributed by atoms with Crippen LogP contribution in [0.3, 0.4) is 0 Å². The van der Waals surface area contributed by atoms with Gasteiger partial charge in [0.25, 0.3) is 0 Å². The first-order valence-corrected chi connectivity index (χ1v) is 7.80. The lowest BCUT2D eigenvalue weighted by atomic mass is 9.78. The van der Waals surface area contributed by atoms with Gasteiger partial charge in [-0.2, -0.15) is 0 Å². The van der Waals surface area contributed by atoms with Gasteiger partial charge in [-0.05, 0) is 19.4 Å². The Morgan fingerprint density at radius 2 is 2.13 bits per heavy atom. The third-order valence-corrected chi connectivity index (χ3v) is 5.29. The molecule has 0 aromatic rings. The minimum absolute atomic E-state index is 0.222. The number of carbonyl (C=O) groups excluding carboxylic acids is 2. The molecule has 126 valence electrons. The van der Waals surface area contributed by atoms with Gasteiger partial charge in [-0.1, -0.05) is 12.2 Å². The highest BCUT2D eigenvalue weighted by molar-refractivity contribution is 5.91. The highest BCUT2D eigenvalue weighted by Crippen LogP contribution is 2.51. The molecule has 6 heteroatoms. The minimum atomic E-state index is -1.24. The lowest BCUT2D eigenvalue weighted by molar-refractivity contribution is -0.145. The molecule has 0 unspecified atom stereocenters. The van der Waals surface area contributed by atoms with Gasteiger partial charge in [-0.3, -0.25) is 4.79 Å². The van der Waals surface area contributed by atoms with Crippen molar-refractivity contribution in [3.8, 4) is 0 Å². The Kier molecular flexibility index (Phi) is 3.65. The molecule has 0 spiro atoms. The van der Waals surface area contributed by atoms with Crippen LogP contribution in [0.4, 0.5) is 0 Å². The van der Waals surface area contributed by atoms with Crippen LogP contribution in [-0.4, -0.2) is 46.1 Å². The van der Waals surface area contributed by atoms with Crippen molar-refractivity contribution in [2.45, 2.75) is 57.5 Å². The maximum absolute atomic E-state index is 11.8. The molecule has 1 aliphatic heterocycles. The zero-order chi connectivity index (χ0) is 17.1. The smallest absolute Gasteiger partial charge is 0.334 e. The molecule has 6 atom stereocenters. The van der Waals surface area contributed by atoms with Crippen LogP contribution >= 0.6 is 0 Å². The molecule has 0 bridgehead atoms. The third-order valence-electron chi connectivity index (χ3n) is 5.29. The van der Waals surface area contributed by atoms with Crippen LogP contribution in [0.1, 0.15) is 33.6 Å². The fourth-order valence-corrected chi connectivity index (χ4v) is 4.41. The van der Waals surface area contributed by atoms with E-state index < -0.39 is 47.7 Å². The van der Waals surface area contributed by atoms with Gasteiger partial charge in [0.2, 0.25) is 0 Å². The van der Waals surface area contributed by atoms with Crippen molar-refractivity contribution in [3.63, 3.8) is 0 Å². The average molecular weight is 322 g/mol. The van der Waals surface area contributed by atoms with E-state index in [0.29, 0.717) is 6.42 Å². The fraction of sp³-hybridized carbons (Fsp3) is 0.647. The summed E-state index contributed by atoms with van der Waals surface area (Å²) in [5, 5.41) is 21.7. The van der Waals surface area contributed by atoms with E-state index in [2.05, 4.69) is 6.58 Å². The van der Waals surface area contributed by atoms with Crippen LogP contribution in [0.25, 0.3) is 0 Å². The zero-order valence-electron chi connectivity index (χ0n) is 13.5. The van der Waals surface area contributed by atoms with Crippen LogP contribution in [0.15, 0.2) is 23.3 Å². The topological polar surface area (TPSA) is 93.1 Å². The van der Waals surface area contributed by atoms with E-state index in [1.807, 2.05) is 6.92 Å². The fourth-order valence-electron chi connectivity index (χ4n) is 4.41. The summed E-state index contributed by atoms with van der Waals surface area (Å²) >= 11 is 0. The van der Waals surface area contributed by atoms with Crippen LogP contribution in [0, 0.1) is 11.8 Å². The highest BCUT2D eigenvalue weighted by atomic mass is 16.6. The molecule has 0 aromatic heterocycles. The first-order valence-electron chi connectivity index (χ1n) is 7.80. The maximum atomic E-state index is 11.8. The summed E-state index contributed by atoms with van der Waals surface area (Å²) in [4.78, 5) is 23.2.